The second kappa shape index (κ2) is 5.79. The fourth-order valence-electron chi connectivity index (χ4n) is 4.58. The summed E-state index contributed by atoms with van der Waals surface area (Å²) in [7, 11) is 0. The van der Waals surface area contributed by atoms with Gasteiger partial charge in [0.25, 0.3) is 0 Å². The van der Waals surface area contributed by atoms with Crippen molar-refractivity contribution in [2.45, 2.75) is 12.6 Å². The zero-order chi connectivity index (χ0) is 19.7. The summed E-state index contributed by atoms with van der Waals surface area (Å²) >= 11 is 0. The Morgan fingerprint density at radius 3 is 2.20 bits per heavy atom. The third kappa shape index (κ3) is 2.16. The zero-order valence-electron chi connectivity index (χ0n) is 15.9. The Hall–Kier alpha value is -3.93. The molecule has 142 valence electrons. The number of fused-ring (bicyclic) bond motifs is 13. The molecule has 0 radical (unpaired) electrons. The number of benzene rings is 2. The summed E-state index contributed by atoms with van der Waals surface area (Å²) in [6.45, 7) is 0. The molecule has 1 aromatic heterocycles. The number of nitrogens with one attached hydrogen (secondary N) is 1. The largest absolute Gasteiger partial charge is 0.324 e. The average molecular weight is 388 g/mol. The van der Waals surface area contributed by atoms with Gasteiger partial charge in [-0.15, -0.1) is 0 Å². The van der Waals surface area contributed by atoms with Gasteiger partial charge >= 0.3 is 0 Å². The molecule has 7 rings (SSSR count). The molecule has 6 heteroatoms. The van der Waals surface area contributed by atoms with Gasteiger partial charge in [0.05, 0.1) is 0 Å². The molecule has 0 saturated carbocycles. The van der Waals surface area contributed by atoms with E-state index in [0.29, 0.717) is 11.7 Å². The molecule has 4 heterocycles. The van der Waals surface area contributed by atoms with E-state index in [0.717, 1.165) is 50.7 Å². The second-order valence-corrected chi connectivity index (χ2v) is 7.74. The number of aliphatic imine (C=N–C) groups is 3. The molecule has 0 fully saturated rings. The van der Waals surface area contributed by atoms with Crippen LogP contribution >= 0.6 is 0 Å². The van der Waals surface area contributed by atoms with Gasteiger partial charge in [-0.3, -0.25) is 0 Å². The SMILES string of the molecule is C1=CC2C(=CC1)C1=NC2N=C2N=C(N=c3[nH]c(c4ccccc34)=N1)c1ccccc12. The molecule has 3 aromatic rings. The third-order valence-electron chi connectivity index (χ3n) is 6.00. The van der Waals surface area contributed by atoms with E-state index >= 15 is 0 Å². The van der Waals surface area contributed by atoms with E-state index < -0.39 is 0 Å². The summed E-state index contributed by atoms with van der Waals surface area (Å²) in [5.74, 6) is 2.19. The van der Waals surface area contributed by atoms with Crippen LogP contribution in [0.2, 0.25) is 0 Å². The number of amidine groups is 3. The highest BCUT2D eigenvalue weighted by Gasteiger charge is 2.35. The van der Waals surface area contributed by atoms with Crippen LogP contribution in [-0.4, -0.2) is 28.7 Å². The van der Waals surface area contributed by atoms with Gasteiger partial charge in [-0.25, -0.2) is 25.0 Å². The van der Waals surface area contributed by atoms with Gasteiger partial charge in [-0.1, -0.05) is 66.8 Å². The molecule has 2 atom stereocenters. The molecule has 1 N–H and O–H groups in total. The van der Waals surface area contributed by atoms with Gasteiger partial charge in [0.2, 0.25) is 0 Å². The summed E-state index contributed by atoms with van der Waals surface area (Å²) < 4.78 is 0. The maximum Gasteiger partial charge on any atom is 0.164 e. The topological polar surface area (TPSA) is 77.6 Å². The van der Waals surface area contributed by atoms with Crippen molar-refractivity contribution in [1.82, 2.24) is 4.98 Å². The van der Waals surface area contributed by atoms with Crippen LogP contribution in [0.3, 0.4) is 0 Å². The maximum atomic E-state index is 4.97. The number of H-pyrrole nitrogens is 1. The Bertz CT molecular complexity index is 1530. The van der Waals surface area contributed by atoms with Crippen LogP contribution < -0.4 is 11.0 Å². The molecule has 0 amide bonds. The molecule has 0 spiro atoms. The molecule has 2 unspecified atom stereocenters. The van der Waals surface area contributed by atoms with E-state index in [4.69, 9.17) is 25.0 Å². The normalized spacial score (nSPS) is 23.1. The van der Waals surface area contributed by atoms with Crippen LogP contribution in [0.25, 0.3) is 10.8 Å². The summed E-state index contributed by atoms with van der Waals surface area (Å²) in [6, 6.07) is 16.3. The lowest BCUT2D eigenvalue weighted by atomic mass is 9.93. The minimum atomic E-state index is -0.266. The number of hydrogen-bond donors (Lipinski definition) is 1. The summed E-state index contributed by atoms with van der Waals surface area (Å²) in [4.78, 5) is 28.0. The van der Waals surface area contributed by atoms with Crippen LogP contribution in [-0.2, 0) is 0 Å². The van der Waals surface area contributed by atoms with E-state index in [1.807, 2.05) is 30.3 Å². The summed E-state index contributed by atoms with van der Waals surface area (Å²) in [6.07, 6.45) is 7.20. The van der Waals surface area contributed by atoms with Crippen LogP contribution in [0.5, 0.6) is 0 Å². The van der Waals surface area contributed by atoms with Gasteiger partial charge in [0, 0.05) is 33.4 Å². The zero-order valence-corrected chi connectivity index (χ0v) is 15.9. The highest BCUT2D eigenvalue weighted by molar-refractivity contribution is 6.22. The summed E-state index contributed by atoms with van der Waals surface area (Å²) in [5, 5.41) is 2.04. The first kappa shape index (κ1) is 15.9. The van der Waals surface area contributed by atoms with Crippen LogP contribution in [0.1, 0.15) is 17.5 Å². The van der Waals surface area contributed by atoms with Crippen molar-refractivity contribution in [3.8, 4) is 0 Å². The quantitative estimate of drug-likeness (QED) is 0.575. The van der Waals surface area contributed by atoms with Crippen molar-refractivity contribution < 1.29 is 0 Å². The van der Waals surface area contributed by atoms with Crippen molar-refractivity contribution in [1.29, 1.82) is 0 Å². The van der Waals surface area contributed by atoms with Crippen LogP contribution in [0, 0.1) is 5.92 Å². The van der Waals surface area contributed by atoms with E-state index in [2.05, 4.69) is 41.4 Å². The first-order chi connectivity index (χ1) is 14.8. The number of nitrogens with zero attached hydrogens (tertiary/aromatic N) is 5. The monoisotopic (exact) mass is 388 g/mol. The Morgan fingerprint density at radius 1 is 0.733 bits per heavy atom. The first-order valence-corrected chi connectivity index (χ1v) is 10.1. The van der Waals surface area contributed by atoms with Gasteiger partial charge in [0.1, 0.15) is 11.0 Å². The van der Waals surface area contributed by atoms with Gasteiger partial charge in [0.15, 0.2) is 23.7 Å². The molecular formula is C24H16N6. The number of allylic oxidation sites excluding steroid dienone is 2. The van der Waals surface area contributed by atoms with Crippen molar-refractivity contribution >= 4 is 28.3 Å². The molecular weight excluding hydrogens is 372 g/mol. The molecule has 0 saturated heterocycles. The fourth-order valence-corrected chi connectivity index (χ4v) is 4.58. The van der Waals surface area contributed by atoms with Crippen molar-refractivity contribution in [3.63, 3.8) is 0 Å². The highest BCUT2D eigenvalue weighted by Crippen LogP contribution is 2.34. The third-order valence-corrected chi connectivity index (χ3v) is 6.00. The minimum absolute atomic E-state index is 0.0924. The molecule has 1 aliphatic carbocycles. The first-order valence-electron chi connectivity index (χ1n) is 10.1. The molecule has 6 bridgehead atoms. The standard InChI is InChI=1S/C24H16N6/c1-2-8-14-13(7-1)19-25-20(14)29-22-17-11-5-6-12-18(17)24(27-22)30-23-16-10-4-3-9-15(16)21(26-23)28-19/h1-5,7-12,17,22H,6H2,(H,25,26,27,28,29,30). The van der Waals surface area contributed by atoms with Gasteiger partial charge in [-0.2, -0.15) is 0 Å². The lowest BCUT2D eigenvalue weighted by Gasteiger charge is -2.15. The predicted molar refractivity (Wildman–Crippen MR) is 117 cm³/mol. The second-order valence-electron chi connectivity index (χ2n) is 7.74. The Labute approximate surface area is 171 Å². The number of hydrogen-bond acceptors (Lipinski definition) is 5. The molecule has 6 nitrogen and oxygen atoms in total. The number of aromatic nitrogens is 1. The molecule has 4 aliphatic rings. The minimum Gasteiger partial charge on any atom is -0.324 e. The Kier molecular flexibility index (Phi) is 3.08. The summed E-state index contributed by atoms with van der Waals surface area (Å²) in [5.41, 5.74) is 4.65. The average Bonchev–Trinajstić information content (AvgIpc) is 3.43. The van der Waals surface area contributed by atoms with E-state index in [9.17, 15) is 0 Å². The van der Waals surface area contributed by atoms with Crippen molar-refractivity contribution in [3.05, 3.63) is 94.4 Å². The molecule has 30 heavy (non-hydrogen) atoms. The van der Waals surface area contributed by atoms with E-state index in [-0.39, 0.29) is 12.1 Å². The van der Waals surface area contributed by atoms with Gasteiger partial charge in [-0.05, 0) is 6.42 Å². The smallest absolute Gasteiger partial charge is 0.164 e. The Balaban J connectivity index is 1.62. The highest BCUT2D eigenvalue weighted by atomic mass is 15.2. The molecule has 3 aliphatic heterocycles. The Morgan fingerprint density at radius 2 is 1.40 bits per heavy atom. The lowest BCUT2D eigenvalue weighted by molar-refractivity contribution is 0.622. The van der Waals surface area contributed by atoms with E-state index in [1.54, 1.807) is 0 Å². The maximum absolute atomic E-state index is 4.97. The van der Waals surface area contributed by atoms with Gasteiger partial charge < -0.3 is 4.98 Å². The van der Waals surface area contributed by atoms with Crippen molar-refractivity contribution in [2.24, 2.45) is 30.9 Å². The fraction of sp³-hybridized carbons (Fsp3) is 0.125. The van der Waals surface area contributed by atoms with Crippen molar-refractivity contribution in [2.75, 3.05) is 0 Å². The van der Waals surface area contributed by atoms with Crippen LogP contribution in [0.4, 0.5) is 0 Å². The molecule has 2 aromatic carbocycles. The number of rotatable bonds is 0. The predicted octanol–water partition coefficient (Wildman–Crippen LogP) is 2.87. The van der Waals surface area contributed by atoms with Crippen LogP contribution in [0.15, 0.2) is 97.3 Å². The number of aromatic amines is 1. The lowest BCUT2D eigenvalue weighted by Crippen LogP contribution is -2.17. The van der Waals surface area contributed by atoms with E-state index in [1.165, 1.54) is 0 Å².